The Morgan fingerprint density at radius 2 is 2.15 bits per heavy atom. The van der Waals surface area contributed by atoms with Gasteiger partial charge in [-0.3, -0.25) is 13.9 Å². The molecule has 6 nitrogen and oxygen atoms in total. The van der Waals surface area contributed by atoms with Gasteiger partial charge in [-0.05, 0) is 25.1 Å². The van der Waals surface area contributed by atoms with Crippen LogP contribution < -0.4 is 21.3 Å². The second-order valence-corrected chi connectivity index (χ2v) is 5.05. The Bertz CT molecular complexity index is 770. The molecule has 1 unspecified atom stereocenters. The van der Waals surface area contributed by atoms with Gasteiger partial charge in [-0.25, -0.2) is 4.79 Å². The molecule has 1 fully saturated rings. The summed E-state index contributed by atoms with van der Waals surface area (Å²) in [7, 11) is 3.24. The van der Waals surface area contributed by atoms with Crippen molar-refractivity contribution in [1.29, 1.82) is 0 Å². The summed E-state index contributed by atoms with van der Waals surface area (Å²) in [5.41, 5.74) is 0.102. The Morgan fingerprint density at radius 3 is 2.80 bits per heavy atom. The molecule has 1 aliphatic rings. The fourth-order valence-electron chi connectivity index (χ4n) is 2.76. The molecule has 0 amide bonds. The van der Waals surface area contributed by atoms with Gasteiger partial charge in [0.15, 0.2) is 0 Å². The van der Waals surface area contributed by atoms with E-state index in [0.717, 1.165) is 13.0 Å². The molecule has 1 aliphatic heterocycles. The van der Waals surface area contributed by atoms with Crippen molar-refractivity contribution < 1.29 is 4.74 Å². The van der Waals surface area contributed by atoms with Gasteiger partial charge in [-0.15, -0.1) is 0 Å². The Kier molecular flexibility index (Phi) is 3.10. The minimum atomic E-state index is -0.274. The highest BCUT2D eigenvalue weighted by molar-refractivity contribution is 5.79. The van der Waals surface area contributed by atoms with Gasteiger partial charge in [0.1, 0.15) is 5.75 Å². The Morgan fingerprint density at radius 1 is 1.35 bits per heavy atom. The van der Waals surface area contributed by atoms with Gasteiger partial charge >= 0.3 is 5.69 Å². The molecular weight excluding hydrogens is 258 g/mol. The van der Waals surface area contributed by atoms with Gasteiger partial charge in [0, 0.05) is 19.7 Å². The molecule has 2 heterocycles. The molecule has 0 bridgehead atoms. The minimum absolute atomic E-state index is 0.0623. The summed E-state index contributed by atoms with van der Waals surface area (Å²) in [6.07, 6.45) is 0.802. The van der Waals surface area contributed by atoms with Crippen molar-refractivity contribution in [3.8, 4) is 5.75 Å². The van der Waals surface area contributed by atoms with Gasteiger partial charge in [0.2, 0.25) is 0 Å². The highest BCUT2D eigenvalue weighted by atomic mass is 16.5. The van der Waals surface area contributed by atoms with Crippen LogP contribution in [-0.4, -0.2) is 29.3 Å². The van der Waals surface area contributed by atoms with E-state index in [9.17, 15) is 9.59 Å². The molecule has 0 saturated carbocycles. The molecule has 6 heteroatoms. The number of nitrogens with zero attached hydrogens (tertiary/aromatic N) is 2. The highest BCUT2D eigenvalue weighted by Crippen LogP contribution is 2.18. The van der Waals surface area contributed by atoms with Gasteiger partial charge in [-0.2, -0.15) is 0 Å². The second-order valence-electron chi connectivity index (χ2n) is 5.05. The van der Waals surface area contributed by atoms with Crippen molar-refractivity contribution in [2.45, 2.75) is 12.5 Å². The molecule has 1 N–H and O–H groups in total. The van der Waals surface area contributed by atoms with Crippen molar-refractivity contribution in [2.24, 2.45) is 7.05 Å². The minimum Gasteiger partial charge on any atom is -0.497 e. The van der Waals surface area contributed by atoms with Crippen LogP contribution in [0.5, 0.6) is 5.75 Å². The Balaban J connectivity index is 2.33. The molecule has 0 spiro atoms. The van der Waals surface area contributed by atoms with Crippen molar-refractivity contribution in [3.63, 3.8) is 0 Å². The number of ether oxygens (including phenoxy) is 1. The van der Waals surface area contributed by atoms with E-state index >= 15 is 0 Å². The fraction of sp³-hybridized carbons (Fsp3) is 0.429. The first-order valence-corrected chi connectivity index (χ1v) is 6.63. The van der Waals surface area contributed by atoms with E-state index in [1.54, 1.807) is 32.4 Å². The van der Waals surface area contributed by atoms with E-state index in [-0.39, 0.29) is 17.3 Å². The fourth-order valence-corrected chi connectivity index (χ4v) is 2.76. The maximum atomic E-state index is 12.6. The van der Waals surface area contributed by atoms with E-state index in [0.29, 0.717) is 23.2 Å². The zero-order valence-corrected chi connectivity index (χ0v) is 11.5. The average Bonchev–Trinajstić information content (AvgIpc) is 2.98. The SMILES string of the molecule is COc1ccc2c(=O)n(C3CCNC3)c(=O)n(C)c2c1. The summed E-state index contributed by atoms with van der Waals surface area (Å²) >= 11 is 0. The lowest BCUT2D eigenvalue weighted by Crippen LogP contribution is -2.42. The summed E-state index contributed by atoms with van der Waals surface area (Å²) < 4.78 is 8.03. The Labute approximate surface area is 115 Å². The molecule has 3 rings (SSSR count). The van der Waals surface area contributed by atoms with Crippen molar-refractivity contribution >= 4 is 10.9 Å². The maximum absolute atomic E-state index is 12.6. The van der Waals surface area contributed by atoms with E-state index in [2.05, 4.69) is 5.32 Å². The lowest BCUT2D eigenvalue weighted by atomic mass is 10.2. The van der Waals surface area contributed by atoms with Crippen LogP contribution >= 0.6 is 0 Å². The molecule has 0 aliphatic carbocycles. The predicted octanol–water partition coefficient (Wildman–Crippen LogP) is 0.243. The number of hydrogen-bond donors (Lipinski definition) is 1. The normalized spacial score (nSPS) is 18.6. The summed E-state index contributed by atoms with van der Waals surface area (Å²) in [5.74, 6) is 0.632. The third kappa shape index (κ3) is 1.84. The number of aryl methyl sites for hydroxylation is 1. The summed E-state index contributed by atoms with van der Waals surface area (Å²) in [6, 6.07) is 5.11. The molecule has 1 aromatic carbocycles. The van der Waals surface area contributed by atoms with E-state index in [1.165, 1.54) is 9.13 Å². The van der Waals surface area contributed by atoms with Crippen LogP contribution in [0, 0.1) is 0 Å². The topological polar surface area (TPSA) is 65.3 Å². The third-order valence-electron chi connectivity index (χ3n) is 3.91. The van der Waals surface area contributed by atoms with Gasteiger partial charge in [0.25, 0.3) is 5.56 Å². The van der Waals surface area contributed by atoms with E-state index in [4.69, 9.17) is 4.74 Å². The smallest absolute Gasteiger partial charge is 0.331 e. The number of benzene rings is 1. The van der Waals surface area contributed by atoms with Crippen molar-refractivity contribution in [3.05, 3.63) is 39.0 Å². The molecule has 1 aromatic heterocycles. The highest BCUT2D eigenvalue weighted by Gasteiger charge is 2.22. The third-order valence-corrected chi connectivity index (χ3v) is 3.91. The number of hydrogen-bond acceptors (Lipinski definition) is 4. The standard InChI is InChI=1S/C14H17N3O3/c1-16-12-7-10(20-2)3-4-11(12)13(18)17(14(16)19)9-5-6-15-8-9/h3-4,7,9,15H,5-6,8H2,1-2H3. The van der Waals surface area contributed by atoms with Crippen LogP contribution in [0.4, 0.5) is 0 Å². The molecule has 1 saturated heterocycles. The number of methoxy groups -OCH3 is 1. The molecule has 1 atom stereocenters. The zero-order chi connectivity index (χ0) is 14.3. The molecular formula is C14H17N3O3. The molecule has 106 valence electrons. The molecule has 2 aromatic rings. The van der Waals surface area contributed by atoms with Gasteiger partial charge in [-0.1, -0.05) is 0 Å². The first kappa shape index (κ1) is 12.9. The van der Waals surface area contributed by atoms with Crippen LogP contribution in [-0.2, 0) is 7.05 Å². The molecule has 20 heavy (non-hydrogen) atoms. The quantitative estimate of drug-likeness (QED) is 0.853. The number of aromatic nitrogens is 2. The van der Waals surface area contributed by atoms with Gasteiger partial charge in [0.05, 0.1) is 24.1 Å². The van der Waals surface area contributed by atoms with Crippen molar-refractivity contribution in [2.75, 3.05) is 20.2 Å². The first-order chi connectivity index (χ1) is 9.63. The first-order valence-electron chi connectivity index (χ1n) is 6.63. The van der Waals surface area contributed by atoms with E-state index < -0.39 is 0 Å². The summed E-state index contributed by atoms with van der Waals surface area (Å²) in [5, 5.41) is 3.72. The zero-order valence-electron chi connectivity index (χ0n) is 11.5. The second kappa shape index (κ2) is 4.79. The average molecular weight is 275 g/mol. The monoisotopic (exact) mass is 275 g/mol. The largest absolute Gasteiger partial charge is 0.497 e. The van der Waals surface area contributed by atoms with Crippen LogP contribution in [0.2, 0.25) is 0 Å². The van der Waals surface area contributed by atoms with Crippen LogP contribution in [0.15, 0.2) is 27.8 Å². The summed E-state index contributed by atoms with van der Waals surface area (Å²) in [4.78, 5) is 25.0. The van der Waals surface area contributed by atoms with Crippen LogP contribution in [0.25, 0.3) is 10.9 Å². The van der Waals surface area contributed by atoms with Crippen LogP contribution in [0.3, 0.4) is 0 Å². The number of nitrogens with one attached hydrogen (secondary N) is 1. The van der Waals surface area contributed by atoms with Crippen LogP contribution in [0.1, 0.15) is 12.5 Å². The van der Waals surface area contributed by atoms with Gasteiger partial charge < -0.3 is 10.1 Å². The number of rotatable bonds is 2. The Hall–Kier alpha value is -2.08. The maximum Gasteiger partial charge on any atom is 0.331 e. The van der Waals surface area contributed by atoms with Crippen molar-refractivity contribution in [1.82, 2.24) is 14.5 Å². The lowest BCUT2D eigenvalue weighted by Gasteiger charge is -2.15. The molecule has 0 radical (unpaired) electrons. The lowest BCUT2D eigenvalue weighted by molar-refractivity contribution is 0.415. The predicted molar refractivity (Wildman–Crippen MR) is 76.5 cm³/mol. The number of fused-ring (bicyclic) bond motifs is 1. The van der Waals surface area contributed by atoms with E-state index in [1.807, 2.05) is 0 Å². The summed E-state index contributed by atoms with van der Waals surface area (Å²) in [6.45, 7) is 1.50.